The molecular formula is C16H22N4O4. The molecule has 1 rings (SSSR count). The van der Waals surface area contributed by atoms with E-state index in [1.807, 2.05) is 0 Å². The molecule has 8 nitrogen and oxygen atoms in total. The lowest BCUT2D eigenvalue weighted by atomic mass is 10.1. The van der Waals surface area contributed by atoms with Crippen LogP contribution in [0, 0.1) is 13.8 Å². The zero-order valence-corrected chi connectivity index (χ0v) is 14.1. The predicted molar refractivity (Wildman–Crippen MR) is 90.5 cm³/mol. The Morgan fingerprint density at radius 2 is 1.08 bits per heavy atom. The van der Waals surface area contributed by atoms with Crippen molar-refractivity contribution >= 4 is 34.8 Å². The summed E-state index contributed by atoms with van der Waals surface area (Å²) in [5.74, 6) is -2.10. The van der Waals surface area contributed by atoms with Crippen molar-refractivity contribution in [1.29, 1.82) is 0 Å². The molecule has 2 atom stereocenters. The van der Waals surface area contributed by atoms with Crippen LogP contribution in [0.3, 0.4) is 0 Å². The molecule has 24 heavy (non-hydrogen) atoms. The third kappa shape index (κ3) is 4.71. The second-order valence-electron chi connectivity index (χ2n) is 5.64. The first-order chi connectivity index (χ1) is 11.0. The molecule has 0 radical (unpaired) electrons. The fourth-order valence-electron chi connectivity index (χ4n) is 1.88. The van der Waals surface area contributed by atoms with Crippen molar-refractivity contribution in [1.82, 2.24) is 0 Å². The van der Waals surface area contributed by atoms with E-state index in [-0.39, 0.29) is 0 Å². The third-order valence-corrected chi connectivity index (χ3v) is 3.53. The number of benzene rings is 1. The van der Waals surface area contributed by atoms with E-state index in [9.17, 15) is 19.2 Å². The monoisotopic (exact) mass is 334 g/mol. The first-order valence-electron chi connectivity index (χ1n) is 7.29. The number of carbonyl (C=O) groups is 4. The SMILES string of the molecule is CC(=O)C(N)C(=O)Nc1cc(C)c(NC(=O)C(N)C(C)=O)cc1C. The molecule has 1 aromatic carbocycles. The molecule has 6 N–H and O–H groups in total. The highest BCUT2D eigenvalue weighted by Gasteiger charge is 2.21. The van der Waals surface area contributed by atoms with E-state index >= 15 is 0 Å². The van der Waals surface area contributed by atoms with Crippen LogP contribution in [-0.4, -0.2) is 35.5 Å². The number of ketones is 2. The maximum atomic E-state index is 11.9. The topological polar surface area (TPSA) is 144 Å². The minimum Gasteiger partial charge on any atom is -0.324 e. The van der Waals surface area contributed by atoms with E-state index in [1.165, 1.54) is 13.8 Å². The summed E-state index contributed by atoms with van der Waals surface area (Å²) in [5.41, 5.74) is 13.2. The smallest absolute Gasteiger partial charge is 0.248 e. The van der Waals surface area contributed by atoms with Gasteiger partial charge in [-0.15, -0.1) is 0 Å². The first kappa shape index (κ1) is 19.5. The number of anilines is 2. The molecule has 130 valence electrons. The van der Waals surface area contributed by atoms with Gasteiger partial charge in [-0.25, -0.2) is 0 Å². The van der Waals surface area contributed by atoms with Gasteiger partial charge in [-0.2, -0.15) is 0 Å². The molecule has 2 amide bonds. The summed E-state index contributed by atoms with van der Waals surface area (Å²) in [6.07, 6.45) is 0. The van der Waals surface area contributed by atoms with Gasteiger partial charge >= 0.3 is 0 Å². The van der Waals surface area contributed by atoms with Gasteiger partial charge in [-0.3, -0.25) is 19.2 Å². The largest absolute Gasteiger partial charge is 0.324 e. The summed E-state index contributed by atoms with van der Waals surface area (Å²) in [4.78, 5) is 46.0. The average molecular weight is 334 g/mol. The fourth-order valence-corrected chi connectivity index (χ4v) is 1.88. The van der Waals surface area contributed by atoms with Crippen LogP contribution in [0.4, 0.5) is 11.4 Å². The van der Waals surface area contributed by atoms with Crippen LogP contribution < -0.4 is 22.1 Å². The first-order valence-corrected chi connectivity index (χ1v) is 7.29. The molecule has 0 aliphatic rings. The number of nitrogens with two attached hydrogens (primary N) is 2. The molecule has 1 aromatic rings. The number of amides is 2. The molecule has 0 bridgehead atoms. The van der Waals surface area contributed by atoms with Crippen LogP contribution in [-0.2, 0) is 19.2 Å². The van der Waals surface area contributed by atoms with Crippen LogP contribution in [0.5, 0.6) is 0 Å². The van der Waals surface area contributed by atoms with Crippen molar-refractivity contribution < 1.29 is 19.2 Å². The van der Waals surface area contributed by atoms with Gasteiger partial charge in [0.25, 0.3) is 0 Å². The third-order valence-electron chi connectivity index (χ3n) is 3.53. The van der Waals surface area contributed by atoms with Gasteiger partial charge in [-0.05, 0) is 51.0 Å². The van der Waals surface area contributed by atoms with Gasteiger partial charge in [-0.1, -0.05) is 0 Å². The minimum atomic E-state index is -1.24. The van der Waals surface area contributed by atoms with E-state index in [2.05, 4.69) is 10.6 Å². The lowest BCUT2D eigenvalue weighted by Crippen LogP contribution is -2.41. The van der Waals surface area contributed by atoms with Crippen LogP contribution in [0.25, 0.3) is 0 Å². The van der Waals surface area contributed by atoms with Crippen molar-refractivity contribution in [3.63, 3.8) is 0 Å². The van der Waals surface area contributed by atoms with Gasteiger partial charge in [0.15, 0.2) is 11.6 Å². The molecule has 0 saturated heterocycles. The molecule has 8 heteroatoms. The fraction of sp³-hybridized carbons (Fsp3) is 0.375. The molecule has 0 heterocycles. The van der Waals surface area contributed by atoms with E-state index in [0.29, 0.717) is 22.5 Å². The van der Waals surface area contributed by atoms with E-state index in [0.717, 1.165) is 0 Å². The average Bonchev–Trinajstić information content (AvgIpc) is 2.49. The molecule has 0 spiro atoms. The Hall–Kier alpha value is -2.58. The summed E-state index contributed by atoms with van der Waals surface area (Å²) in [6.45, 7) is 5.91. The van der Waals surface area contributed by atoms with Crippen molar-refractivity contribution in [2.45, 2.75) is 39.8 Å². The number of hydrogen-bond acceptors (Lipinski definition) is 6. The quantitative estimate of drug-likeness (QED) is 0.539. The van der Waals surface area contributed by atoms with Gasteiger partial charge in [0.2, 0.25) is 11.8 Å². The van der Waals surface area contributed by atoms with Crippen LogP contribution >= 0.6 is 0 Å². The number of rotatable bonds is 6. The van der Waals surface area contributed by atoms with Gasteiger partial charge in [0.1, 0.15) is 12.1 Å². The van der Waals surface area contributed by atoms with Crippen molar-refractivity contribution in [3.05, 3.63) is 23.3 Å². The van der Waals surface area contributed by atoms with Crippen LogP contribution in [0.2, 0.25) is 0 Å². The second-order valence-corrected chi connectivity index (χ2v) is 5.64. The number of carbonyl (C=O) groups excluding carboxylic acids is 4. The number of hydrogen-bond donors (Lipinski definition) is 4. The zero-order chi connectivity index (χ0) is 18.6. The van der Waals surface area contributed by atoms with Crippen molar-refractivity contribution in [2.24, 2.45) is 11.5 Å². The summed E-state index contributed by atoms with van der Waals surface area (Å²) < 4.78 is 0. The van der Waals surface area contributed by atoms with Gasteiger partial charge < -0.3 is 22.1 Å². The van der Waals surface area contributed by atoms with E-state index in [4.69, 9.17) is 11.5 Å². The van der Waals surface area contributed by atoms with Gasteiger partial charge in [0.05, 0.1) is 0 Å². The highest BCUT2D eigenvalue weighted by atomic mass is 16.2. The van der Waals surface area contributed by atoms with Crippen LogP contribution in [0.15, 0.2) is 12.1 Å². The molecular weight excluding hydrogens is 312 g/mol. The number of nitrogens with one attached hydrogen (secondary N) is 2. The maximum Gasteiger partial charge on any atom is 0.248 e. The maximum absolute atomic E-state index is 11.9. The Kier molecular flexibility index (Phi) is 6.33. The van der Waals surface area contributed by atoms with E-state index in [1.54, 1.807) is 26.0 Å². The Morgan fingerprint density at radius 1 is 0.792 bits per heavy atom. The van der Waals surface area contributed by atoms with Gasteiger partial charge in [0, 0.05) is 11.4 Å². The van der Waals surface area contributed by atoms with Crippen LogP contribution in [0.1, 0.15) is 25.0 Å². The molecule has 0 fully saturated rings. The molecule has 2 unspecified atom stereocenters. The summed E-state index contributed by atoms with van der Waals surface area (Å²) in [6, 6.07) is 0.791. The van der Waals surface area contributed by atoms with Crippen molar-refractivity contribution in [3.8, 4) is 0 Å². The predicted octanol–water partition coefficient (Wildman–Crippen LogP) is 0.0130. The van der Waals surface area contributed by atoms with E-state index < -0.39 is 35.5 Å². The summed E-state index contributed by atoms with van der Waals surface area (Å²) >= 11 is 0. The Labute approximate surface area is 140 Å². The highest BCUT2D eigenvalue weighted by Crippen LogP contribution is 2.24. The Balaban J connectivity index is 2.98. The summed E-state index contributed by atoms with van der Waals surface area (Å²) in [5, 5.41) is 5.15. The summed E-state index contributed by atoms with van der Waals surface area (Å²) in [7, 11) is 0. The number of aryl methyl sites for hydroxylation is 2. The lowest BCUT2D eigenvalue weighted by molar-refractivity contribution is -0.127. The number of Topliss-reactive ketones (excluding diaryl/α,β-unsaturated/α-hetero) is 2. The molecule has 0 aliphatic carbocycles. The molecule has 0 aliphatic heterocycles. The highest BCUT2D eigenvalue weighted by molar-refractivity contribution is 6.11. The molecule has 0 aromatic heterocycles. The molecule has 0 saturated carbocycles. The second kappa shape index (κ2) is 7.80. The minimum absolute atomic E-state index is 0.441. The zero-order valence-electron chi connectivity index (χ0n) is 14.1. The Bertz CT molecular complexity index is 640. The lowest BCUT2D eigenvalue weighted by Gasteiger charge is -2.16. The standard InChI is InChI=1S/C16H22N4O4/c1-7-5-12(20-16(24)14(18)10(4)22)8(2)6-11(7)19-15(23)13(17)9(3)21/h5-6,13-14H,17-18H2,1-4H3,(H,19,23)(H,20,24). The normalized spacial score (nSPS) is 12.9. The van der Waals surface area contributed by atoms with Crippen molar-refractivity contribution in [2.75, 3.05) is 10.6 Å². The Morgan fingerprint density at radius 3 is 1.33 bits per heavy atom.